The van der Waals surface area contributed by atoms with Gasteiger partial charge >= 0.3 is 0 Å². The van der Waals surface area contributed by atoms with Crippen LogP contribution in [0.5, 0.6) is 0 Å². The summed E-state index contributed by atoms with van der Waals surface area (Å²) >= 11 is 1.72. The first-order valence-corrected chi connectivity index (χ1v) is 11.0. The average molecular weight is 435 g/mol. The molecule has 0 bridgehead atoms. The maximum absolute atomic E-state index is 13.6. The topological polar surface area (TPSA) is 47.8 Å². The van der Waals surface area contributed by atoms with Gasteiger partial charge in [-0.1, -0.05) is 24.6 Å². The van der Waals surface area contributed by atoms with Crippen molar-refractivity contribution in [1.82, 2.24) is 14.8 Å². The molecule has 7 heteroatoms. The van der Waals surface area contributed by atoms with E-state index in [0.717, 1.165) is 22.2 Å². The van der Waals surface area contributed by atoms with Gasteiger partial charge in [-0.3, -0.25) is 4.79 Å². The van der Waals surface area contributed by atoms with Crippen LogP contribution in [-0.2, 0) is 6.54 Å². The van der Waals surface area contributed by atoms with Gasteiger partial charge in [0.2, 0.25) is 0 Å². The van der Waals surface area contributed by atoms with Crippen LogP contribution in [0.3, 0.4) is 0 Å². The van der Waals surface area contributed by atoms with E-state index in [0.29, 0.717) is 11.6 Å². The first kappa shape index (κ1) is 19.8. The van der Waals surface area contributed by atoms with Crippen molar-refractivity contribution in [3.63, 3.8) is 0 Å². The zero-order chi connectivity index (χ0) is 21.4. The fraction of sp³-hybridized carbons (Fsp3) is 0.208. The van der Waals surface area contributed by atoms with Crippen molar-refractivity contribution in [3.8, 4) is 21.8 Å². The first-order chi connectivity index (χ1) is 15.0. The second-order valence-electron chi connectivity index (χ2n) is 7.77. The molecule has 4 aromatic rings. The minimum absolute atomic E-state index is 0.249. The predicted octanol–water partition coefficient (Wildman–Crippen LogP) is 5.63. The SMILES string of the molecule is O=c1ccc(-c2cc(F)cc(F)c2)nn1Cc1cccc(-c2ncc(C3CCC3)s2)c1. The molecule has 1 aliphatic rings. The number of benzene rings is 2. The van der Waals surface area contributed by atoms with E-state index in [1.807, 2.05) is 30.5 Å². The third-order valence-corrected chi connectivity index (χ3v) is 6.77. The Morgan fingerprint density at radius 2 is 1.81 bits per heavy atom. The summed E-state index contributed by atoms with van der Waals surface area (Å²) in [6.07, 6.45) is 5.74. The van der Waals surface area contributed by atoms with Crippen molar-refractivity contribution in [2.75, 3.05) is 0 Å². The number of aromatic nitrogens is 3. The van der Waals surface area contributed by atoms with Gasteiger partial charge in [-0.05, 0) is 48.6 Å². The lowest BCUT2D eigenvalue weighted by Crippen LogP contribution is -2.22. The van der Waals surface area contributed by atoms with Crippen molar-refractivity contribution in [1.29, 1.82) is 0 Å². The molecule has 5 rings (SSSR count). The van der Waals surface area contributed by atoms with Gasteiger partial charge in [-0.15, -0.1) is 11.3 Å². The van der Waals surface area contributed by atoms with Crippen molar-refractivity contribution in [3.05, 3.63) is 93.2 Å². The summed E-state index contributed by atoms with van der Waals surface area (Å²) in [6, 6.07) is 13.9. The number of thiazole rings is 1. The van der Waals surface area contributed by atoms with Crippen molar-refractivity contribution >= 4 is 11.3 Å². The third-order valence-electron chi connectivity index (χ3n) is 5.56. The second-order valence-corrected chi connectivity index (χ2v) is 8.83. The predicted molar refractivity (Wildman–Crippen MR) is 117 cm³/mol. The molecule has 0 spiro atoms. The minimum Gasteiger partial charge on any atom is -0.268 e. The van der Waals surface area contributed by atoms with Gasteiger partial charge in [-0.2, -0.15) is 5.10 Å². The van der Waals surface area contributed by atoms with Gasteiger partial charge in [0.05, 0.1) is 12.2 Å². The van der Waals surface area contributed by atoms with Crippen LogP contribution in [-0.4, -0.2) is 14.8 Å². The highest BCUT2D eigenvalue weighted by Crippen LogP contribution is 2.40. The Kier molecular flexibility index (Phi) is 5.19. The number of hydrogen-bond donors (Lipinski definition) is 0. The summed E-state index contributed by atoms with van der Waals surface area (Å²) in [5.41, 5.74) is 2.23. The lowest BCUT2D eigenvalue weighted by molar-refractivity contribution is 0.425. The second kappa shape index (κ2) is 8.15. The standard InChI is InChI=1S/C24H19F2N3OS/c25-19-10-18(11-20(26)12-19)21-7-8-23(30)29(28-21)14-15-3-1-6-17(9-15)24-27-13-22(31-24)16-4-2-5-16/h1,3,6-13,16H,2,4-5,14H2. The molecule has 156 valence electrons. The largest absolute Gasteiger partial charge is 0.268 e. The molecule has 0 unspecified atom stereocenters. The fourth-order valence-corrected chi connectivity index (χ4v) is 4.78. The Hall–Kier alpha value is -3.19. The monoisotopic (exact) mass is 435 g/mol. The summed E-state index contributed by atoms with van der Waals surface area (Å²) in [5.74, 6) is -0.730. The van der Waals surface area contributed by atoms with E-state index in [1.165, 1.54) is 53.1 Å². The Morgan fingerprint density at radius 3 is 2.55 bits per heavy atom. The van der Waals surface area contributed by atoms with Gasteiger partial charge in [0.1, 0.15) is 16.6 Å². The molecule has 1 saturated carbocycles. The summed E-state index contributed by atoms with van der Waals surface area (Å²) in [4.78, 5) is 18.3. The van der Waals surface area contributed by atoms with Crippen LogP contribution >= 0.6 is 11.3 Å². The Labute approximate surface area is 181 Å². The van der Waals surface area contributed by atoms with E-state index < -0.39 is 11.6 Å². The molecule has 0 aliphatic heterocycles. The van der Waals surface area contributed by atoms with Crippen LogP contribution in [0.4, 0.5) is 8.78 Å². The molecule has 1 fully saturated rings. The van der Waals surface area contributed by atoms with E-state index >= 15 is 0 Å². The maximum atomic E-state index is 13.6. The van der Waals surface area contributed by atoms with Gasteiger partial charge in [0.25, 0.3) is 5.56 Å². The fourth-order valence-electron chi connectivity index (χ4n) is 3.70. The van der Waals surface area contributed by atoms with Crippen LogP contribution in [0, 0.1) is 11.6 Å². The molecule has 0 atom stereocenters. The smallest absolute Gasteiger partial charge is 0.267 e. The molecular formula is C24H19F2N3OS. The van der Waals surface area contributed by atoms with E-state index in [1.54, 1.807) is 11.3 Å². The Morgan fingerprint density at radius 1 is 1.00 bits per heavy atom. The maximum Gasteiger partial charge on any atom is 0.267 e. The van der Waals surface area contributed by atoms with E-state index in [9.17, 15) is 13.6 Å². The van der Waals surface area contributed by atoms with Crippen LogP contribution in [0.25, 0.3) is 21.8 Å². The molecule has 0 N–H and O–H groups in total. The molecule has 0 saturated heterocycles. The van der Waals surface area contributed by atoms with Crippen LogP contribution in [0.2, 0.25) is 0 Å². The zero-order valence-electron chi connectivity index (χ0n) is 16.6. The molecule has 0 amide bonds. The number of hydrogen-bond acceptors (Lipinski definition) is 4. The molecule has 2 aromatic heterocycles. The lowest BCUT2D eigenvalue weighted by Gasteiger charge is -2.23. The highest BCUT2D eigenvalue weighted by molar-refractivity contribution is 7.15. The number of nitrogens with zero attached hydrogens (tertiary/aromatic N) is 3. The van der Waals surface area contributed by atoms with E-state index in [-0.39, 0.29) is 17.7 Å². The lowest BCUT2D eigenvalue weighted by atomic mass is 9.85. The summed E-state index contributed by atoms with van der Waals surface area (Å²) in [7, 11) is 0. The normalized spacial score (nSPS) is 13.9. The van der Waals surface area contributed by atoms with E-state index in [2.05, 4.69) is 10.1 Å². The highest BCUT2D eigenvalue weighted by atomic mass is 32.1. The zero-order valence-corrected chi connectivity index (χ0v) is 17.4. The van der Waals surface area contributed by atoms with Crippen LogP contribution in [0.15, 0.2) is 65.6 Å². The molecule has 31 heavy (non-hydrogen) atoms. The third kappa shape index (κ3) is 4.18. The van der Waals surface area contributed by atoms with Crippen LogP contribution in [0.1, 0.15) is 35.6 Å². The minimum atomic E-state index is -0.688. The molecule has 0 radical (unpaired) electrons. The number of halogens is 2. The van der Waals surface area contributed by atoms with E-state index in [4.69, 9.17) is 0 Å². The van der Waals surface area contributed by atoms with Crippen LogP contribution < -0.4 is 5.56 Å². The van der Waals surface area contributed by atoms with Crippen molar-refractivity contribution in [2.45, 2.75) is 31.7 Å². The molecule has 4 nitrogen and oxygen atoms in total. The number of rotatable bonds is 5. The molecular weight excluding hydrogens is 416 g/mol. The molecule has 2 aromatic carbocycles. The average Bonchev–Trinajstić information content (AvgIpc) is 3.17. The summed E-state index contributed by atoms with van der Waals surface area (Å²) in [5, 5.41) is 5.29. The Balaban J connectivity index is 1.43. The highest BCUT2D eigenvalue weighted by Gasteiger charge is 2.22. The van der Waals surface area contributed by atoms with Crippen molar-refractivity contribution in [2.24, 2.45) is 0 Å². The van der Waals surface area contributed by atoms with Gasteiger partial charge < -0.3 is 0 Å². The van der Waals surface area contributed by atoms with Crippen molar-refractivity contribution < 1.29 is 8.78 Å². The van der Waals surface area contributed by atoms with Gasteiger partial charge in [0.15, 0.2) is 0 Å². The van der Waals surface area contributed by atoms with Gasteiger partial charge in [-0.25, -0.2) is 18.4 Å². The first-order valence-electron chi connectivity index (χ1n) is 10.1. The molecule has 2 heterocycles. The summed E-state index contributed by atoms with van der Waals surface area (Å²) in [6.45, 7) is 0.249. The quantitative estimate of drug-likeness (QED) is 0.408. The molecule has 1 aliphatic carbocycles. The summed E-state index contributed by atoms with van der Waals surface area (Å²) < 4.78 is 28.5. The van der Waals surface area contributed by atoms with Gasteiger partial charge in [0, 0.05) is 34.3 Å². The Bertz CT molecular complexity index is 1290.